The van der Waals surface area contributed by atoms with Crippen LogP contribution in [0.15, 0.2) is 18.3 Å². The molecule has 0 unspecified atom stereocenters. The van der Waals surface area contributed by atoms with E-state index in [2.05, 4.69) is 24.6 Å². The largest absolute Gasteiger partial charge is 0.343 e. The smallest absolute Gasteiger partial charge is 0.317 e. The number of aryl methyl sites for hydroxylation is 1. The number of anilines is 1. The molecule has 24 heavy (non-hydrogen) atoms. The molecule has 3 rings (SSSR count). The number of carbonyl (C=O) groups is 1. The van der Waals surface area contributed by atoms with Crippen LogP contribution in [-0.4, -0.2) is 51.5 Å². The molecule has 0 spiro atoms. The number of urea groups is 1. The van der Waals surface area contributed by atoms with Crippen molar-refractivity contribution in [2.45, 2.75) is 19.9 Å². The molecule has 1 fully saturated rings. The van der Waals surface area contributed by atoms with Gasteiger partial charge in [0.05, 0.1) is 17.3 Å². The number of nitrogens with zero attached hydrogens (tertiary/aromatic N) is 5. The lowest BCUT2D eigenvalue weighted by Crippen LogP contribution is -2.51. The molecule has 3 heterocycles. The van der Waals surface area contributed by atoms with Crippen molar-refractivity contribution >= 4 is 34.3 Å². The molecule has 1 saturated heterocycles. The summed E-state index contributed by atoms with van der Waals surface area (Å²) < 4.78 is 4.31. The van der Waals surface area contributed by atoms with Gasteiger partial charge in [0.25, 0.3) is 0 Å². The van der Waals surface area contributed by atoms with Crippen molar-refractivity contribution in [2.24, 2.45) is 0 Å². The Bertz CT molecular complexity index is 684. The third-order valence-electron chi connectivity index (χ3n) is 3.82. The van der Waals surface area contributed by atoms with Crippen molar-refractivity contribution in [3.05, 3.63) is 34.9 Å². The molecule has 9 heteroatoms. The van der Waals surface area contributed by atoms with Crippen molar-refractivity contribution in [2.75, 3.05) is 31.1 Å². The zero-order valence-electron chi connectivity index (χ0n) is 13.4. The van der Waals surface area contributed by atoms with Crippen LogP contribution in [0.2, 0.25) is 5.02 Å². The number of nitrogens with one attached hydrogen (secondary N) is 1. The first kappa shape index (κ1) is 16.9. The first-order chi connectivity index (χ1) is 11.7. The average Bonchev–Trinajstić information content (AvgIpc) is 3.10. The topological polar surface area (TPSA) is 74.2 Å². The lowest BCUT2D eigenvalue weighted by Gasteiger charge is -2.34. The normalized spacial score (nSPS) is 14.8. The van der Waals surface area contributed by atoms with Crippen LogP contribution in [0.4, 0.5) is 9.93 Å². The second-order valence-electron chi connectivity index (χ2n) is 5.45. The Morgan fingerprint density at radius 2 is 2.12 bits per heavy atom. The van der Waals surface area contributed by atoms with Gasteiger partial charge in [-0.2, -0.15) is 4.37 Å². The number of halogens is 1. The van der Waals surface area contributed by atoms with Crippen molar-refractivity contribution in [1.82, 2.24) is 24.6 Å². The highest BCUT2D eigenvalue weighted by atomic mass is 35.5. The summed E-state index contributed by atoms with van der Waals surface area (Å²) in [5, 5.41) is 4.42. The minimum Gasteiger partial charge on any atom is -0.343 e. The molecule has 1 aliphatic heterocycles. The Morgan fingerprint density at radius 3 is 2.75 bits per heavy atom. The minimum absolute atomic E-state index is 0.0714. The van der Waals surface area contributed by atoms with Crippen molar-refractivity contribution in [1.29, 1.82) is 0 Å². The molecule has 7 nitrogen and oxygen atoms in total. The molecular formula is C15H19ClN6OS. The first-order valence-electron chi connectivity index (χ1n) is 7.86. The second-order valence-corrected chi connectivity index (χ2v) is 6.61. The summed E-state index contributed by atoms with van der Waals surface area (Å²) in [7, 11) is 0. The quantitative estimate of drug-likeness (QED) is 0.897. The van der Waals surface area contributed by atoms with Gasteiger partial charge >= 0.3 is 6.03 Å². The van der Waals surface area contributed by atoms with Gasteiger partial charge in [0.2, 0.25) is 5.13 Å². The maximum absolute atomic E-state index is 12.2. The van der Waals surface area contributed by atoms with Gasteiger partial charge in [-0.15, -0.1) is 0 Å². The van der Waals surface area contributed by atoms with Crippen LogP contribution in [-0.2, 0) is 13.0 Å². The molecular weight excluding hydrogens is 348 g/mol. The zero-order valence-corrected chi connectivity index (χ0v) is 15.0. The highest BCUT2D eigenvalue weighted by Gasteiger charge is 2.23. The van der Waals surface area contributed by atoms with E-state index < -0.39 is 0 Å². The molecule has 2 aromatic heterocycles. The van der Waals surface area contributed by atoms with Crippen LogP contribution >= 0.6 is 23.1 Å². The Kier molecular flexibility index (Phi) is 5.47. The first-order valence-corrected chi connectivity index (χ1v) is 9.01. The number of amides is 2. The molecule has 0 bridgehead atoms. The van der Waals surface area contributed by atoms with Gasteiger partial charge in [0, 0.05) is 50.3 Å². The summed E-state index contributed by atoms with van der Waals surface area (Å²) in [5.74, 6) is 0.880. The van der Waals surface area contributed by atoms with Gasteiger partial charge in [-0.25, -0.2) is 9.78 Å². The summed E-state index contributed by atoms with van der Waals surface area (Å²) in [6, 6.07) is 3.50. The van der Waals surface area contributed by atoms with E-state index in [4.69, 9.17) is 11.6 Å². The van der Waals surface area contributed by atoms with Gasteiger partial charge in [0.15, 0.2) is 0 Å². The van der Waals surface area contributed by atoms with Gasteiger partial charge in [0.1, 0.15) is 5.82 Å². The molecule has 0 radical (unpaired) electrons. The van der Waals surface area contributed by atoms with Crippen LogP contribution in [0.25, 0.3) is 0 Å². The fourth-order valence-corrected chi connectivity index (χ4v) is 3.32. The molecule has 0 aliphatic carbocycles. The zero-order chi connectivity index (χ0) is 16.9. The van der Waals surface area contributed by atoms with E-state index in [1.165, 1.54) is 11.5 Å². The molecule has 0 saturated carbocycles. The number of pyridine rings is 1. The van der Waals surface area contributed by atoms with Crippen molar-refractivity contribution in [3.8, 4) is 0 Å². The molecule has 2 amide bonds. The second kappa shape index (κ2) is 7.76. The molecule has 0 atom stereocenters. The van der Waals surface area contributed by atoms with E-state index >= 15 is 0 Å². The van der Waals surface area contributed by atoms with Gasteiger partial charge in [-0.05, 0) is 12.1 Å². The molecule has 0 aromatic carbocycles. The van der Waals surface area contributed by atoms with Crippen molar-refractivity contribution < 1.29 is 4.79 Å². The van der Waals surface area contributed by atoms with E-state index in [-0.39, 0.29) is 6.03 Å². The molecule has 128 valence electrons. The average molecular weight is 367 g/mol. The lowest BCUT2D eigenvalue weighted by atomic mass is 10.3. The number of aromatic nitrogens is 3. The van der Waals surface area contributed by atoms with Crippen molar-refractivity contribution in [3.63, 3.8) is 0 Å². The lowest BCUT2D eigenvalue weighted by molar-refractivity contribution is 0.194. The number of hydrogen-bond acceptors (Lipinski definition) is 6. The Hall–Kier alpha value is -1.93. The predicted molar refractivity (Wildman–Crippen MR) is 94.6 cm³/mol. The fraction of sp³-hybridized carbons (Fsp3) is 0.467. The third kappa shape index (κ3) is 4.12. The summed E-state index contributed by atoms with van der Waals surface area (Å²) >= 11 is 7.23. The maximum Gasteiger partial charge on any atom is 0.317 e. The number of piperazine rings is 1. The van der Waals surface area contributed by atoms with E-state index in [0.717, 1.165) is 36.2 Å². The standard InChI is InChI=1S/C15H19ClN6OS/c1-2-13-19-15(24-20-13)22-7-5-21(6-8-22)14(23)18-10-12-4-3-11(16)9-17-12/h3-4,9H,2,5-8,10H2,1H3,(H,18,23). The van der Waals surface area contributed by atoms with Crippen LogP contribution in [0, 0.1) is 0 Å². The van der Waals surface area contributed by atoms with Crippen LogP contribution < -0.4 is 10.2 Å². The fourth-order valence-electron chi connectivity index (χ4n) is 2.41. The van der Waals surface area contributed by atoms with E-state index in [1.807, 2.05) is 11.8 Å². The van der Waals surface area contributed by atoms with Gasteiger partial charge in [-0.3, -0.25) is 4.98 Å². The highest BCUT2D eigenvalue weighted by Crippen LogP contribution is 2.19. The predicted octanol–water partition coefficient (Wildman–Crippen LogP) is 2.18. The Morgan fingerprint density at radius 1 is 1.33 bits per heavy atom. The molecule has 2 aromatic rings. The van der Waals surface area contributed by atoms with E-state index in [9.17, 15) is 4.79 Å². The van der Waals surface area contributed by atoms with Crippen LogP contribution in [0.3, 0.4) is 0 Å². The van der Waals surface area contributed by atoms with E-state index in [0.29, 0.717) is 24.7 Å². The molecule has 1 N–H and O–H groups in total. The monoisotopic (exact) mass is 366 g/mol. The number of rotatable bonds is 4. The Labute approximate surface area is 149 Å². The van der Waals surface area contributed by atoms with Crippen LogP contribution in [0.1, 0.15) is 18.4 Å². The summed E-state index contributed by atoms with van der Waals surface area (Å²) in [6.07, 6.45) is 2.42. The number of hydrogen-bond donors (Lipinski definition) is 1. The Balaban J connectivity index is 1.47. The third-order valence-corrected chi connectivity index (χ3v) is 4.86. The number of carbonyl (C=O) groups excluding carboxylic acids is 1. The molecule has 1 aliphatic rings. The minimum atomic E-state index is -0.0714. The van der Waals surface area contributed by atoms with E-state index in [1.54, 1.807) is 18.3 Å². The summed E-state index contributed by atoms with van der Waals surface area (Å²) in [5.41, 5.74) is 0.785. The van der Waals surface area contributed by atoms with Gasteiger partial charge in [-0.1, -0.05) is 18.5 Å². The summed E-state index contributed by atoms with van der Waals surface area (Å²) in [4.78, 5) is 24.9. The summed E-state index contributed by atoms with van der Waals surface area (Å²) in [6.45, 7) is 5.31. The van der Waals surface area contributed by atoms with Crippen LogP contribution in [0.5, 0.6) is 0 Å². The SMILES string of the molecule is CCc1nsc(N2CCN(C(=O)NCc3ccc(Cl)cn3)CC2)n1. The maximum atomic E-state index is 12.2. The highest BCUT2D eigenvalue weighted by molar-refractivity contribution is 7.09. The van der Waals surface area contributed by atoms with Gasteiger partial charge < -0.3 is 15.1 Å².